The van der Waals surface area contributed by atoms with E-state index < -0.39 is 0 Å². The van der Waals surface area contributed by atoms with E-state index in [1.165, 1.54) is 50.1 Å². The Hall–Kier alpha value is -2.69. The first-order valence-electron chi connectivity index (χ1n) is 13.9. The van der Waals surface area contributed by atoms with Gasteiger partial charge in [-0.05, 0) is 90.2 Å². The third kappa shape index (κ3) is 8.96. The van der Waals surface area contributed by atoms with Crippen LogP contribution in [0.5, 0.6) is 0 Å². The van der Waals surface area contributed by atoms with Crippen LogP contribution in [0.25, 0.3) is 0 Å². The summed E-state index contributed by atoms with van der Waals surface area (Å²) < 4.78 is 0.990. The SMILES string of the molecule is Cc1cc(C)cc(CN(CCCC[N+](C)(C)Cc2cc(C)cc(C)c2)C(=S)Nc2c(C)cc(C)cc2C)c1. The van der Waals surface area contributed by atoms with Crippen molar-refractivity contribution in [2.24, 2.45) is 0 Å². The molecule has 0 atom stereocenters. The van der Waals surface area contributed by atoms with Gasteiger partial charge in [-0.1, -0.05) is 76.3 Å². The Bertz CT molecular complexity index is 1210. The van der Waals surface area contributed by atoms with Gasteiger partial charge in [-0.15, -0.1) is 0 Å². The van der Waals surface area contributed by atoms with Crippen molar-refractivity contribution in [1.82, 2.24) is 4.90 Å². The Morgan fingerprint density at radius 2 is 1.16 bits per heavy atom. The molecular weight excluding hydrogens is 482 g/mol. The molecule has 0 saturated heterocycles. The minimum absolute atomic E-state index is 0.809. The van der Waals surface area contributed by atoms with E-state index in [0.717, 1.165) is 54.3 Å². The predicted octanol–water partition coefficient (Wildman–Crippen LogP) is 8.10. The molecule has 0 aromatic heterocycles. The topological polar surface area (TPSA) is 15.3 Å². The van der Waals surface area contributed by atoms with Gasteiger partial charge in [0.05, 0.1) is 20.6 Å². The highest BCUT2D eigenvalue weighted by atomic mass is 32.1. The van der Waals surface area contributed by atoms with E-state index in [-0.39, 0.29) is 0 Å². The average Bonchev–Trinajstić information content (AvgIpc) is 2.76. The van der Waals surface area contributed by atoms with Crippen LogP contribution in [0.15, 0.2) is 48.5 Å². The first-order chi connectivity index (χ1) is 17.8. The van der Waals surface area contributed by atoms with Gasteiger partial charge in [0.15, 0.2) is 5.11 Å². The molecule has 0 aliphatic carbocycles. The van der Waals surface area contributed by atoms with E-state index in [1.807, 2.05) is 0 Å². The van der Waals surface area contributed by atoms with Crippen LogP contribution in [0.2, 0.25) is 0 Å². The van der Waals surface area contributed by atoms with E-state index in [9.17, 15) is 0 Å². The fourth-order valence-electron chi connectivity index (χ4n) is 5.77. The summed E-state index contributed by atoms with van der Waals surface area (Å²) in [6, 6.07) is 18.2. The number of nitrogens with zero attached hydrogens (tertiary/aromatic N) is 2. The Kier molecular flexibility index (Phi) is 10.1. The monoisotopic (exact) mass is 530 g/mol. The number of aryl methyl sites for hydroxylation is 7. The van der Waals surface area contributed by atoms with Crippen LogP contribution < -0.4 is 5.32 Å². The van der Waals surface area contributed by atoms with Gasteiger partial charge in [-0.2, -0.15) is 0 Å². The maximum Gasteiger partial charge on any atom is 0.173 e. The minimum atomic E-state index is 0.809. The zero-order valence-electron chi connectivity index (χ0n) is 25.2. The van der Waals surface area contributed by atoms with Gasteiger partial charge >= 0.3 is 0 Å². The second kappa shape index (κ2) is 12.9. The number of hydrogen-bond acceptors (Lipinski definition) is 1. The largest absolute Gasteiger partial charge is 0.345 e. The molecule has 0 bridgehead atoms. The Morgan fingerprint density at radius 1 is 0.684 bits per heavy atom. The zero-order chi connectivity index (χ0) is 28.0. The molecule has 0 aliphatic heterocycles. The highest BCUT2D eigenvalue weighted by Crippen LogP contribution is 2.23. The Morgan fingerprint density at radius 3 is 1.68 bits per heavy atom. The van der Waals surface area contributed by atoms with Gasteiger partial charge < -0.3 is 14.7 Å². The first-order valence-corrected chi connectivity index (χ1v) is 14.3. The maximum atomic E-state index is 6.02. The smallest absolute Gasteiger partial charge is 0.173 e. The van der Waals surface area contributed by atoms with E-state index in [2.05, 4.69) is 121 Å². The fourth-order valence-corrected chi connectivity index (χ4v) is 6.03. The summed E-state index contributed by atoms with van der Waals surface area (Å²) in [5.74, 6) is 0. The van der Waals surface area contributed by atoms with Crippen LogP contribution in [0.4, 0.5) is 5.69 Å². The molecule has 0 saturated carbocycles. The number of unbranched alkanes of at least 4 members (excludes halogenated alkanes) is 1. The van der Waals surface area contributed by atoms with Crippen molar-refractivity contribution in [1.29, 1.82) is 0 Å². The van der Waals surface area contributed by atoms with E-state index >= 15 is 0 Å². The molecule has 0 amide bonds. The third-order valence-corrected chi connectivity index (χ3v) is 7.54. The predicted molar refractivity (Wildman–Crippen MR) is 169 cm³/mol. The molecule has 38 heavy (non-hydrogen) atoms. The number of nitrogens with one attached hydrogen (secondary N) is 1. The third-order valence-electron chi connectivity index (χ3n) is 7.18. The summed E-state index contributed by atoms with van der Waals surface area (Å²) in [4.78, 5) is 2.35. The summed E-state index contributed by atoms with van der Waals surface area (Å²) in [6.07, 6.45) is 2.26. The van der Waals surface area contributed by atoms with Crippen molar-refractivity contribution >= 4 is 23.0 Å². The van der Waals surface area contributed by atoms with Crippen molar-refractivity contribution in [3.63, 3.8) is 0 Å². The van der Waals surface area contributed by atoms with Gasteiger partial charge in [-0.25, -0.2) is 0 Å². The molecule has 0 spiro atoms. The molecule has 1 N–H and O–H groups in total. The highest BCUT2D eigenvalue weighted by molar-refractivity contribution is 7.80. The molecule has 0 aliphatic rings. The zero-order valence-corrected chi connectivity index (χ0v) is 26.0. The summed E-state index contributed by atoms with van der Waals surface area (Å²) in [6.45, 7) is 19.2. The lowest BCUT2D eigenvalue weighted by atomic mass is 10.1. The van der Waals surface area contributed by atoms with Crippen LogP contribution >= 0.6 is 12.2 Å². The highest BCUT2D eigenvalue weighted by Gasteiger charge is 2.18. The number of hydrogen-bond donors (Lipinski definition) is 1. The van der Waals surface area contributed by atoms with Crippen molar-refractivity contribution < 1.29 is 4.48 Å². The van der Waals surface area contributed by atoms with Gasteiger partial charge in [0, 0.05) is 24.3 Å². The van der Waals surface area contributed by atoms with Crippen LogP contribution in [0.1, 0.15) is 62.9 Å². The molecule has 3 rings (SSSR count). The summed E-state index contributed by atoms with van der Waals surface area (Å²) in [5, 5.41) is 4.42. The van der Waals surface area contributed by atoms with E-state index in [0.29, 0.717) is 0 Å². The standard InChI is InChI=1S/C34H47N3S/c1-24-14-25(2)19-31(18-24)22-36(34(38)35-33-29(6)16-28(5)17-30(33)7)12-10-11-13-37(8,9)23-32-20-26(3)15-27(4)21-32/h14-21H,10-13,22-23H2,1-9H3/p+1. The summed E-state index contributed by atoms with van der Waals surface area (Å²) >= 11 is 6.02. The molecule has 0 fully saturated rings. The molecule has 3 nitrogen and oxygen atoms in total. The summed E-state index contributed by atoms with van der Waals surface area (Å²) in [7, 11) is 4.69. The van der Waals surface area contributed by atoms with Crippen molar-refractivity contribution in [3.05, 3.63) is 98.6 Å². The molecule has 3 aromatic rings. The number of anilines is 1. The van der Waals surface area contributed by atoms with Crippen molar-refractivity contribution in [3.8, 4) is 0 Å². The number of quaternary nitrogens is 1. The van der Waals surface area contributed by atoms with Gasteiger partial charge in [-0.3, -0.25) is 0 Å². The molecule has 0 radical (unpaired) electrons. The van der Waals surface area contributed by atoms with Crippen molar-refractivity contribution in [2.75, 3.05) is 32.5 Å². The summed E-state index contributed by atoms with van der Waals surface area (Å²) in [5.41, 5.74) is 12.9. The quantitative estimate of drug-likeness (QED) is 0.162. The molecule has 3 aromatic carbocycles. The number of thiocarbonyl (C=S) groups is 1. The molecule has 0 unspecified atom stereocenters. The minimum Gasteiger partial charge on any atom is -0.345 e. The molecule has 0 heterocycles. The number of benzene rings is 3. The second-order valence-corrected chi connectivity index (χ2v) is 12.5. The lowest BCUT2D eigenvalue weighted by Crippen LogP contribution is -2.40. The van der Waals surface area contributed by atoms with Crippen LogP contribution in [-0.2, 0) is 13.1 Å². The van der Waals surface area contributed by atoms with Crippen molar-refractivity contribution in [2.45, 2.75) is 74.4 Å². The fraction of sp³-hybridized carbons (Fsp3) is 0.441. The number of rotatable bonds is 10. The van der Waals surface area contributed by atoms with E-state index in [4.69, 9.17) is 12.2 Å². The van der Waals surface area contributed by atoms with Crippen LogP contribution in [-0.4, -0.2) is 41.7 Å². The van der Waals surface area contributed by atoms with Gasteiger partial charge in [0.2, 0.25) is 0 Å². The molecule has 4 heteroatoms. The van der Waals surface area contributed by atoms with E-state index in [1.54, 1.807) is 0 Å². The Labute approximate surface area is 237 Å². The van der Waals surface area contributed by atoms with Gasteiger partial charge in [0.1, 0.15) is 6.54 Å². The lowest BCUT2D eigenvalue weighted by molar-refractivity contribution is -0.903. The normalized spacial score (nSPS) is 11.5. The maximum absolute atomic E-state index is 6.02. The van der Waals surface area contributed by atoms with Crippen LogP contribution in [0.3, 0.4) is 0 Å². The first kappa shape index (κ1) is 29.9. The molecular formula is C34H48N3S+. The lowest BCUT2D eigenvalue weighted by Gasteiger charge is -2.31. The second-order valence-electron chi connectivity index (χ2n) is 12.1. The van der Waals surface area contributed by atoms with Gasteiger partial charge in [0.25, 0.3) is 0 Å². The molecule has 204 valence electrons. The average molecular weight is 531 g/mol. The Balaban J connectivity index is 1.68. The van der Waals surface area contributed by atoms with Crippen LogP contribution in [0, 0.1) is 48.5 Å².